The lowest BCUT2D eigenvalue weighted by Crippen LogP contribution is -2.23. The minimum atomic E-state index is -0.311. The fourth-order valence-corrected chi connectivity index (χ4v) is 5.04. The maximum atomic E-state index is 12.3. The van der Waals surface area contributed by atoms with Crippen molar-refractivity contribution in [2.75, 3.05) is 0 Å². The fourth-order valence-electron chi connectivity index (χ4n) is 5.04. The summed E-state index contributed by atoms with van der Waals surface area (Å²) in [5.41, 5.74) is 8.19. The molecule has 5 rings (SSSR count). The van der Waals surface area contributed by atoms with E-state index in [2.05, 4.69) is 56.3 Å². The molecule has 1 unspecified atom stereocenters. The van der Waals surface area contributed by atoms with Crippen molar-refractivity contribution in [1.82, 2.24) is 0 Å². The summed E-state index contributed by atoms with van der Waals surface area (Å²) < 4.78 is 5.75. The van der Waals surface area contributed by atoms with Crippen molar-refractivity contribution in [2.45, 2.75) is 38.2 Å². The van der Waals surface area contributed by atoms with Gasteiger partial charge >= 0.3 is 5.97 Å². The molecule has 0 fully saturated rings. The molecule has 1 aliphatic heterocycles. The van der Waals surface area contributed by atoms with Gasteiger partial charge in [-0.1, -0.05) is 74.5 Å². The van der Waals surface area contributed by atoms with Crippen LogP contribution in [-0.4, -0.2) is 5.97 Å². The highest BCUT2D eigenvalue weighted by molar-refractivity contribution is 5.94. The molecule has 27 heavy (non-hydrogen) atoms. The average molecular weight is 354 g/mol. The summed E-state index contributed by atoms with van der Waals surface area (Å²) in [6.07, 6.45) is 1.80. The van der Waals surface area contributed by atoms with Gasteiger partial charge in [-0.15, -0.1) is 0 Å². The highest BCUT2D eigenvalue weighted by Gasteiger charge is 2.41. The summed E-state index contributed by atoms with van der Waals surface area (Å²) >= 11 is 0. The molecule has 0 amide bonds. The van der Waals surface area contributed by atoms with Crippen LogP contribution in [0, 0.1) is 0 Å². The SMILES string of the molecule is CCC1(CC)c2ccccc2-c2ccc(C3OC(=O)c4ccccc43)cc21. The first-order valence-electron chi connectivity index (χ1n) is 9.74. The number of hydrogen-bond donors (Lipinski definition) is 0. The molecule has 0 saturated carbocycles. The van der Waals surface area contributed by atoms with Gasteiger partial charge in [-0.05, 0) is 46.7 Å². The van der Waals surface area contributed by atoms with Crippen molar-refractivity contribution in [3.05, 3.63) is 94.5 Å². The van der Waals surface area contributed by atoms with Crippen LogP contribution in [0.3, 0.4) is 0 Å². The Morgan fingerprint density at radius 2 is 1.48 bits per heavy atom. The molecule has 2 aliphatic rings. The molecule has 3 aromatic carbocycles. The third-order valence-electron chi connectivity index (χ3n) is 6.49. The van der Waals surface area contributed by atoms with Crippen LogP contribution >= 0.6 is 0 Å². The lowest BCUT2D eigenvalue weighted by Gasteiger charge is -2.30. The standard InChI is InChI=1S/C25H22O2/c1-3-25(4-2)21-12-8-7-9-17(21)18-14-13-16(15-22(18)25)23-19-10-5-6-11-20(19)24(26)27-23/h5-15,23H,3-4H2,1-2H3. The molecule has 3 aromatic rings. The maximum absolute atomic E-state index is 12.3. The second-order valence-corrected chi connectivity index (χ2v) is 7.51. The Hall–Kier alpha value is -2.87. The number of hydrogen-bond acceptors (Lipinski definition) is 2. The summed E-state index contributed by atoms with van der Waals surface area (Å²) in [7, 11) is 0. The number of cyclic esters (lactones) is 1. The number of esters is 1. The topological polar surface area (TPSA) is 26.3 Å². The third-order valence-corrected chi connectivity index (χ3v) is 6.49. The van der Waals surface area contributed by atoms with Crippen LogP contribution in [0.1, 0.15) is 65.4 Å². The molecule has 0 spiro atoms. The van der Waals surface area contributed by atoms with E-state index >= 15 is 0 Å². The van der Waals surface area contributed by atoms with Crippen LogP contribution < -0.4 is 0 Å². The van der Waals surface area contributed by atoms with E-state index < -0.39 is 0 Å². The van der Waals surface area contributed by atoms with Gasteiger partial charge in [-0.3, -0.25) is 0 Å². The van der Waals surface area contributed by atoms with E-state index in [4.69, 9.17) is 4.74 Å². The quantitative estimate of drug-likeness (QED) is 0.537. The Bertz CT molecular complexity index is 1060. The van der Waals surface area contributed by atoms with Gasteiger partial charge in [-0.25, -0.2) is 4.79 Å². The van der Waals surface area contributed by atoms with E-state index in [9.17, 15) is 4.79 Å². The summed E-state index contributed by atoms with van der Waals surface area (Å²) in [6.45, 7) is 4.54. The van der Waals surface area contributed by atoms with Crippen molar-refractivity contribution in [3.8, 4) is 11.1 Å². The van der Waals surface area contributed by atoms with E-state index in [0.717, 1.165) is 24.0 Å². The molecule has 1 atom stereocenters. The molecule has 0 aromatic heterocycles. The first-order chi connectivity index (χ1) is 13.2. The van der Waals surface area contributed by atoms with Gasteiger partial charge in [-0.2, -0.15) is 0 Å². The van der Waals surface area contributed by atoms with E-state index in [1.165, 1.54) is 22.3 Å². The first-order valence-corrected chi connectivity index (χ1v) is 9.74. The summed E-state index contributed by atoms with van der Waals surface area (Å²) in [4.78, 5) is 12.3. The van der Waals surface area contributed by atoms with Gasteiger partial charge in [0.2, 0.25) is 0 Å². The minimum Gasteiger partial charge on any atom is -0.449 e. The molecular formula is C25H22O2. The van der Waals surface area contributed by atoms with Gasteiger partial charge < -0.3 is 4.74 Å². The maximum Gasteiger partial charge on any atom is 0.339 e. The molecule has 0 saturated heterocycles. The predicted molar refractivity (Wildman–Crippen MR) is 107 cm³/mol. The van der Waals surface area contributed by atoms with Crippen molar-refractivity contribution < 1.29 is 9.53 Å². The Labute approximate surface area is 159 Å². The van der Waals surface area contributed by atoms with E-state index in [1.807, 2.05) is 24.3 Å². The number of rotatable bonds is 3. The zero-order valence-electron chi connectivity index (χ0n) is 15.7. The summed E-state index contributed by atoms with van der Waals surface area (Å²) in [5.74, 6) is -0.225. The van der Waals surface area contributed by atoms with E-state index in [-0.39, 0.29) is 17.5 Å². The highest BCUT2D eigenvalue weighted by atomic mass is 16.5. The zero-order chi connectivity index (χ0) is 18.6. The van der Waals surface area contributed by atoms with Crippen LogP contribution in [0.4, 0.5) is 0 Å². The highest BCUT2D eigenvalue weighted by Crippen LogP contribution is 2.53. The zero-order valence-corrected chi connectivity index (χ0v) is 15.7. The number of carbonyl (C=O) groups is 1. The monoisotopic (exact) mass is 354 g/mol. The van der Waals surface area contributed by atoms with Crippen LogP contribution in [0.5, 0.6) is 0 Å². The Balaban J connectivity index is 1.69. The lowest BCUT2D eigenvalue weighted by molar-refractivity contribution is 0.0455. The van der Waals surface area contributed by atoms with Gasteiger partial charge in [0.05, 0.1) is 5.56 Å². The smallest absolute Gasteiger partial charge is 0.339 e. The number of benzene rings is 3. The minimum absolute atomic E-state index is 0.0318. The third kappa shape index (κ3) is 2.10. The second-order valence-electron chi connectivity index (χ2n) is 7.51. The summed E-state index contributed by atoms with van der Waals surface area (Å²) in [5, 5.41) is 0. The van der Waals surface area contributed by atoms with Gasteiger partial charge in [0, 0.05) is 11.0 Å². The number of carbonyl (C=O) groups excluding carboxylic acids is 1. The van der Waals surface area contributed by atoms with Crippen LogP contribution in [0.15, 0.2) is 66.7 Å². The molecule has 134 valence electrons. The van der Waals surface area contributed by atoms with E-state index in [1.54, 1.807) is 0 Å². The number of ether oxygens (including phenoxy) is 1. The summed E-state index contributed by atoms with van der Waals surface area (Å²) in [6, 6.07) is 23.1. The molecule has 0 radical (unpaired) electrons. The Morgan fingerprint density at radius 3 is 2.26 bits per heavy atom. The molecule has 1 aliphatic carbocycles. The largest absolute Gasteiger partial charge is 0.449 e. The van der Waals surface area contributed by atoms with E-state index in [0.29, 0.717) is 5.56 Å². The Kier molecular flexibility index (Phi) is 3.51. The van der Waals surface area contributed by atoms with Gasteiger partial charge in [0.15, 0.2) is 6.10 Å². The molecule has 2 heteroatoms. The van der Waals surface area contributed by atoms with Gasteiger partial charge in [0.25, 0.3) is 0 Å². The van der Waals surface area contributed by atoms with Crippen LogP contribution in [0.2, 0.25) is 0 Å². The number of fused-ring (bicyclic) bond motifs is 4. The van der Waals surface area contributed by atoms with Crippen molar-refractivity contribution in [2.24, 2.45) is 0 Å². The van der Waals surface area contributed by atoms with Crippen molar-refractivity contribution >= 4 is 5.97 Å². The molecule has 0 N–H and O–H groups in total. The second kappa shape index (κ2) is 5.82. The van der Waals surface area contributed by atoms with Crippen molar-refractivity contribution in [1.29, 1.82) is 0 Å². The van der Waals surface area contributed by atoms with Crippen molar-refractivity contribution in [3.63, 3.8) is 0 Å². The first kappa shape index (κ1) is 16.3. The average Bonchev–Trinajstić information content (AvgIpc) is 3.21. The fraction of sp³-hybridized carbons (Fsp3) is 0.240. The Morgan fingerprint density at radius 1 is 0.815 bits per heavy atom. The molecule has 1 heterocycles. The van der Waals surface area contributed by atoms with Crippen LogP contribution in [0.25, 0.3) is 11.1 Å². The van der Waals surface area contributed by atoms with Gasteiger partial charge in [0.1, 0.15) is 0 Å². The normalized spacial score (nSPS) is 18.6. The lowest BCUT2D eigenvalue weighted by atomic mass is 9.73. The molecule has 0 bridgehead atoms. The molecular weight excluding hydrogens is 332 g/mol. The molecule has 2 nitrogen and oxygen atoms in total. The van der Waals surface area contributed by atoms with Crippen LogP contribution in [-0.2, 0) is 10.2 Å². The predicted octanol–water partition coefficient (Wildman–Crippen LogP) is 6.03.